The number of nitrogens with one attached hydrogen (secondary N) is 1. The van der Waals surface area contributed by atoms with Crippen molar-refractivity contribution in [2.45, 2.75) is 33.4 Å². The lowest BCUT2D eigenvalue weighted by molar-refractivity contribution is 0.583. The number of rotatable bonds is 4. The maximum atomic E-state index is 4.74. The maximum Gasteiger partial charge on any atom is 0.142 e. The predicted octanol–water partition coefficient (Wildman–Crippen LogP) is 4.16. The fourth-order valence-corrected chi connectivity index (χ4v) is 3.05. The van der Waals surface area contributed by atoms with Gasteiger partial charge in [0.2, 0.25) is 0 Å². The lowest BCUT2D eigenvalue weighted by Gasteiger charge is -2.05. The fourth-order valence-electron chi connectivity index (χ4n) is 2.27. The van der Waals surface area contributed by atoms with Gasteiger partial charge in [-0.1, -0.05) is 32.0 Å². The minimum absolute atomic E-state index is 0.469. The van der Waals surface area contributed by atoms with Crippen LogP contribution in [0.3, 0.4) is 0 Å². The first kappa shape index (κ1) is 14.2. The first-order chi connectivity index (χ1) is 10.1. The van der Waals surface area contributed by atoms with Crippen molar-refractivity contribution in [2.75, 3.05) is 0 Å². The van der Waals surface area contributed by atoms with Crippen LogP contribution < -0.4 is 5.32 Å². The van der Waals surface area contributed by atoms with E-state index < -0.39 is 0 Å². The summed E-state index contributed by atoms with van der Waals surface area (Å²) in [5.41, 5.74) is 4.32. The molecule has 0 radical (unpaired) electrons. The summed E-state index contributed by atoms with van der Waals surface area (Å²) < 4.78 is 0. The molecular weight excluding hydrogens is 278 g/mol. The molecule has 0 aliphatic rings. The second-order valence-electron chi connectivity index (χ2n) is 5.52. The molecule has 0 fully saturated rings. The third-order valence-corrected chi connectivity index (χ3v) is 4.30. The van der Waals surface area contributed by atoms with Crippen molar-refractivity contribution >= 4 is 22.2 Å². The zero-order valence-electron chi connectivity index (χ0n) is 12.6. The van der Waals surface area contributed by atoms with Crippen LogP contribution in [-0.4, -0.2) is 16.0 Å². The van der Waals surface area contributed by atoms with E-state index in [1.807, 2.05) is 6.07 Å². The van der Waals surface area contributed by atoms with Crippen LogP contribution in [0.25, 0.3) is 21.6 Å². The van der Waals surface area contributed by atoms with E-state index in [9.17, 15) is 0 Å². The Bertz CT molecular complexity index is 762. The Morgan fingerprint density at radius 1 is 1.19 bits per heavy atom. The van der Waals surface area contributed by atoms with Crippen LogP contribution in [0.15, 0.2) is 35.7 Å². The summed E-state index contributed by atoms with van der Waals surface area (Å²) in [5.74, 6) is 0. The van der Waals surface area contributed by atoms with Gasteiger partial charge >= 0.3 is 0 Å². The van der Waals surface area contributed by atoms with Crippen LogP contribution in [0.2, 0.25) is 0 Å². The monoisotopic (exact) mass is 297 g/mol. The quantitative estimate of drug-likeness (QED) is 0.785. The average molecular weight is 297 g/mol. The van der Waals surface area contributed by atoms with Crippen LogP contribution >= 0.6 is 11.3 Å². The summed E-state index contributed by atoms with van der Waals surface area (Å²) in [6, 6.07) is 10.8. The fraction of sp³-hybridized carbons (Fsp3) is 0.294. The number of fused-ring (bicyclic) bond motifs is 1. The van der Waals surface area contributed by atoms with Gasteiger partial charge in [-0.3, -0.25) is 0 Å². The van der Waals surface area contributed by atoms with Crippen molar-refractivity contribution in [1.29, 1.82) is 0 Å². The molecule has 1 N–H and O–H groups in total. The first-order valence-electron chi connectivity index (χ1n) is 7.18. The van der Waals surface area contributed by atoms with Crippen molar-refractivity contribution in [3.05, 3.63) is 47.0 Å². The average Bonchev–Trinajstić information content (AvgIpc) is 2.94. The van der Waals surface area contributed by atoms with Gasteiger partial charge < -0.3 is 5.32 Å². The highest BCUT2D eigenvalue weighted by atomic mass is 32.1. The van der Waals surface area contributed by atoms with Gasteiger partial charge in [-0.25, -0.2) is 9.97 Å². The highest BCUT2D eigenvalue weighted by Crippen LogP contribution is 2.26. The molecule has 0 aliphatic carbocycles. The summed E-state index contributed by atoms with van der Waals surface area (Å²) in [6.45, 7) is 7.21. The van der Waals surface area contributed by atoms with Crippen LogP contribution in [0, 0.1) is 6.92 Å². The van der Waals surface area contributed by atoms with E-state index in [2.05, 4.69) is 55.7 Å². The van der Waals surface area contributed by atoms with Gasteiger partial charge in [0.25, 0.3) is 0 Å². The van der Waals surface area contributed by atoms with Crippen LogP contribution in [0.4, 0.5) is 0 Å². The van der Waals surface area contributed by atoms with Crippen molar-refractivity contribution in [1.82, 2.24) is 15.3 Å². The number of aryl methyl sites for hydroxylation is 1. The molecule has 0 saturated carbocycles. The molecule has 4 heteroatoms. The number of aromatic nitrogens is 2. The van der Waals surface area contributed by atoms with Crippen LogP contribution in [0.5, 0.6) is 0 Å². The maximum absolute atomic E-state index is 4.74. The van der Waals surface area contributed by atoms with Gasteiger partial charge in [0.05, 0.1) is 16.9 Å². The van der Waals surface area contributed by atoms with Crippen molar-refractivity contribution < 1.29 is 0 Å². The van der Waals surface area contributed by atoms with E-state index >= 15 is 0 Å². The third-order valence-electron chi connectivity index (χ3n) is 3.39. The van der Waals surface area contributed by atoms with E-state index in [4.69, 9.17) is 9.97 Å². The lowest BCUT2D eigenvalue weighted by Crippen LogP contribution is -2.21. The smallest absolute Gasteiger partial charge is 0.142 e. The molecule has 0 unspecified atom stereocenters. The molecule has 108 valence electrons. The lowest BCUT2D eigenvalue weighted by atomic mass is 10.1. The molecule has 3 rings (SSSR count). The molecular formula is C17H19N3S. The number of benzene rings is 1. The minimum Gasteiger partial charge on any atom is -0.309 e. The molecule has 0 bridgehead atoms. The number of hydrogen-bond donors (Lipinski definition) is 1. The molecule has 0 amide bonds. The van der Waals surface area contributed by atoms with Crippen molar-refractivity contribution in [3.63, 3.8) is 0 Å². The van der Waals surface area contributed by atoms with Gasteiger partial charge in [-0.05, 0) is 24.6 Å². The Morgan fingerprint density at radius 2 is 2.00 bits per heavy atom. The van der Waals surface area contributed by atoms with Crippen molar-refractivity contribution in [2.24, 2.45) is 0 Å². The zero-order chi connectivity index (χ0) is 14.8. The SMILES string of the molecule is Cc1cc(-c2nc(CNC(C)C)cs2)nc2ccccc12. The molecule has 2 aromatic heterocycles. The molecule has 0 aliphatic heterocycles. The molecule has 21 heavy (non-hydrogen) atoms. The van der Waals surface area contributed by atoms with E-state index in [0.29, 0.717) is 6.04 Å². The summed E-state index contributed by atoms with van der Waals surface area (Å²) in [5, 5.41) is 7.70. The Balaban J connectivity index is 1.93. The molecule has 0 spiro atoms. The molecule has 0 saturated heterocycles. The van der Waals surface area contributed by atoms with Gasteiger partial charge in [0.15, 0.2) is 0 Å². The standard InChI is InChI=1S/C17H19N3S/c1-11(2)18-9-13-10-21-17(19-13)16-8-12(3)14-6-4-5-7-15(14)20-16/h4-8,10-11,18H,9H2,1-3H3. The van der Waals surface area contributed by atoms with Gasteiger partial charge in [-0.2, -0.15) is 0 Å². The van der Waals surface area contributed by atoms with Crippen LogP contribution in [-0.2, 0) is 6.54 Å². The van der Waals surface area contributed by atoms with E-state index in [-0.39, 0.29) is 0 Å². The molecule has 3 aromatic rings. The molecule has 3 nitrogen and oxygen atoms in total. The minimum atomic E-state index is 0.469. The third kappa shape index (κ3) is 3.12. The summed E-state index contributed by atoms with van der Waals surface area (Å²) >= 11 is 1.66. The largest absolute Gasteiger partial charge is 0.309 e. The van der Waals surface area contributed by atoms with E-state index in [1.165, 1.54) is 10.9 Å². The Hall–Kier alpha value is -1.78. The highest BCUT2D eigenvalue weighted by molar-refractivity contribution is 7.13. The molecule has 1 aromatic carbocycles. The Morgan fingerprint density at radius 3 is 2.81 bits per heavy atom. The second kappa shape index (κ2) is 5.92. The van der Waals surface area contributed by atoms with Crippen molar-refractivity contribution in [3.8, 4) is 10.7 Å². The molecule has 2 heterocycles. The number of thiazole rings is 1. The molecule has 0 atom stereocenters. The van der Waals surface area contributed by atoms with Gasteiger partial charge in [0, 0.05) is 23.4 Å². The van der Waals surface area contributed by atoms with E-state index in [1.54, 1.807) is 11.3 Å². The van der Waals surface area contributed by atoms with Gasteiger partial charge in [-0.15, -0.1) is 11.3 Å². The number of nitrogens with zero attached hydrogens (tertiary/aromatic N) is 2. The number of pyridine rings is 1. The first-order valence-corrected chi connectivity index (χ1v) is 8.06. The van der Waals surface area contributed by atoms with Gasteiger partial charge in [0.1, 0.15) is 5.01 Å². The normalized spacial score (nSPS) is 11.4. The Kier molecular flexibility index (Phi) is 3.99. The topological polar surface area (TPSA) is 37.8 Å². The predicted molar refractivity (Wildman–Crippen MR) is 89.6 cm³/mol. The summed E-state index contributed by atoms with van der Waals surface area (Å²) in [6.07, 6.45) is 0. The summed E-state index contributed by atoms with van der Waals surface area (Å²) in [7, 11) is 0. The van der Waals surface area contributed by atoms with E-state index in [0.717, 1.165) is 28.5 Å². The number of para-hydroxylation sites is 1. The van der Waals surface area contributed by atoms with Crippen LogP contribution in [0.1, 0.15) is 25.1 Å². The highest BCUT2D eigenvalue weighted by Gasteiger charge is 2.09. The second-order valence-corrected chi connectivity index (χ2v) is 6.38. The number of hydrogen-bond acceptors (Lipinski definition) is 4. The summed E-state index contributed by atoms with van der Waals surface area (Å²) in [4.78, 5) is 9.44. The zero-order valence-corrected chi connectivity index (χ0v) is 13.4. The Labute approximate surface area is 129 Å².